The first-order valence-corrected chi connectivity index (χ1v) is 8.19. The molecule has 1 aliphatic rings. The second kappa shape index (κ2) is 5.90. The number of anilines is 1. The second-order valence-electron chi connectivity index (χ2n) is 4.95. The zero-order valence-corrected chi connectivity index (χ0v) is 13.4. The Morgan fingerprint density at radius 1 is 1.24 bits per heavy atom. The van der Waals surface area contributed by atoms with Gasteiger partial charge in [0.1, 0.15) is 11.3 Å². The van der Waals surface area contributed by atoms with Crippen LogP contribution >= 0.6 is 23.4 Å². The SMILES string of the molecule is CSc1nc(N2CCN(C)CC2)c2cnc(Cl)c(F)c2n1. The van der Waals surface area contributed by atoms with Crippen molar-refractivity contribution in [2.45, 2.75) is 5.16 Å². The van der Waals surface area contributed by atoms with Crippen molar-refractivity contribution in [3.63, 3.8) is 0 Å². The average molecular weight is 328 g/mol. The molecule has 112 valence electrons. The molecule has 0 aliphatic carbocycles. The molecule has 0 aromatic carbocycles. The molecule has 2 aromatic rings. The van der Waals surface area contributed by atoms with Crippen molar-refractivity contribution in [2.75, 3.05) is 44.4 Å². The van der Waals surface area contributed by atoms with E-state index < -0.39 is 5.82 Å². The Labute approximate surface area is 131 Å². The van der Waals surface area contributed by atoms with Gasteiger partial charge in [-0.2, -0.15) is 0 Å². The zero-order chi connectivity index (χ0) is 15.0. The Kier molecular flexibility index (Phi) is 4.14. The fourth-order valence-electron chi connectivity index (χ4n) is 2.35. The Morgan fingerprint density at radius 3 is 2.62 bits per heavy atom. The number of thioether (sulfide) groups is 1. The minimum atomic E-state index is -0.581. The van der Waals surface area contributed by atoms with E-state index >= 15 is 0 Å². The minimum Gasteiger partial charge on any atom is -0.353 e. The van der Waals surface area contributed by atoms with Crippen LogP contribution in [0.4, 0.5) is 10.2 Å². The van der Waals surface area contributed by atoms with Crippen LogP contribution in [0.15, 0.2) is 11.4 Å². The predicted octanol–water partition coefficient (Wildman–Crippen LogP) is 2.29. The van der Waals surface area contributed by atoms with Crippen LogP contribution in [-0.2, 0) is 0 Å². The molecule has 3 rings (SSSR count). The van der Waals surface area contributed by atoms with Crippen LogP contribution in [0.25, 0.3) is 10.9 Å². The summed E-state index contributed by atoms with van der Waals surface area (Å²) in [5.74, 6) is 0.155. The number of likely N-dealkylation sites (N-methyl/N-ethyl adjacent to an activating group) is 1. The molecule has 1 aliphatic heterocycles. The molecular formula is C13H15ClFN5S. The van der Waals surface area contributed by atoms with Crippen LogP contribution in [-0.4, -0.2) is 59.3 Å². The van der Waals surface area contributed by atoms with Gasteiger partial charge in [0.2, 0.25) is 0 Å². The number of halogens is 2. The smallest absolute Gasteiger partial charge is 0.189 e. The highest BCUT2D eigenvalue weighted by atomic mass is 35.5. The van der Waals surface area contributed by atoms with Crippen molar-refractivity contribution in [3.8, 4) is 0 Å². The van der Waals surface area contributed by atoms with E-state index in [0.29, 0.717) is 10.5 Å². The fourth-order valence-corrected chi connectivity index (χ4v) is 2.85. The van der Waals surface area contributed by atoms with Gasteiger partial charge in [-0.3, -0.25) is 0 Å². The minimum absolute atomic E-state index is 0.155. The largest absolute Gasteiger partial charge is 0.353 e. The molecule has 0 amide bonds. The summed E-state index contributed by atoms with van der Waals surface area (Å²) in [6.45, 7) is 3.59. The number of hydrogen-bond donors (Lipinski definition) is 0. The molecule has 5 nitrogen and oxygen atoms in total. The first kappa shape index (κ1) is 14.7. The molecule has 0 saturated carbocycles. The lowest BCUT2D eigenvalue weighted by molar-refractivity contribution is 0.312. The van der Waals surface area contributed by atoms with Crippen LogP contribution in [0.3, 0.4) is 0 Å². The van der Waals surface area contributed by atoms with Gasteiger partial charge in [-0.15, -0.1) is 0 Å². The molecule has 0 bridgehead atoms. The molecule has 1 saturated heterocycles. The van der Waals surface area contributed by atoms with Gasteiger partial charge in [-0.05, 0) is 13.3 Å². The predicted molar refractivity (Wildman–Crippen MR) is 83.8 cm³/mol. The number of rotatable bonds is 2. The number of fused-ring (bicyclic) bond motifs is 1. The first-order valence-electron chi connectivity index (χ1n) is 6.59. The van der Waals surface area contributed by atoms with E-state index in [9.17, 15) is 4.39 Å². The molecule has 0 radical (unpaired) electrons. The van der Waals surface area contributed by atoms with Crippen LogP contribution in [0.5, 0.6) is 0 Å². The van der Waals surface area contributed by atoms with Crippen molar-refractivity contribution in [2.24, 2.45) is 0 Å². The zero-order valence-electron chi connectivity index (χ0n) is 11.8. The summed E-state index contributed by atoms with van der Waals surface area (Å²) in [4.78, 5) is 17.1. The van der Waals surface area contributed by atoms with Crippen LogP contribution < -0.4 is 4.90 Å². The van der Waals surface area contributed by atoms with E-state index in [4.69, 9.17) is 11.6 Å². The maximum atomic E-state index is 14.2. The van der Waals surface area contributed by atoms with Gasteiger partial charge in [-0.1, -0.05) is 23.4 Å². The Morgan fingerprint density at radius 2 is 1.95 bits per heavy atom. The van der Waals surface area contributed by atoms with E-state index in [1.54, 1.807) is 6.20 Å². The molecule has 8 heteroatoms. The summed E-state index contributed by atoms with van der Waals surface area (Å²) >= 11 is 7.15. The maximum Gasteiger partial charge on any atom is 0.189 e. The lowest BCUT2D eigenvalue weighted by atomic mass is 10.2. The van der Waals surface area contributed by atoms with Crippen molar-refractivity contribution >= 4 is 40.1 Å². The molecule has 3 heterocycles. The maximum absolute atomic E-state index is 14.2. The van der Waals surface area contributed by atoms with Gasteiger partial charge in [0.05, 0.1) is 5.39 Å². The number of hydrogen-bond acceptors (Lipinski definition) is 6. The molecule has 0 spiro atoms. The molecular weight excluding hydrogens is 313 g/mol. The Bertz CT molecular complexity index is 675. The molecule has 2 aromatic heterocycles. The topological polar surface area (TPSA) is 45.2 Å². The number of aromatic nitrogens is 3. The van der Waals surface area contributed by atoms with E-state index in [1.165, 1.54) is 11.8 Å². The normalized spacial score (nSPS) is 16.7. The van der Waals surface area contributed by atoms with E-state index in [0.717, 1.165) is 32.0 Å². The van der Waals surface area contributed by atoms with Crippen molar-refractivity contribution in [1.29, 1.82) is 0 Å². The number of piperazine rings is 1. The third-order valence-electron chi connectivity index (χ3n) is 3.59. The monoisotopic (exact) mass is 327 g/mol. The molecule has 0 N–H and O–H groups in total. The van der Waals surface area contributed by atoms with Gasteiger partial charge < -0.3 is 9.80 Å². The van der Waals surface area contributed by atoms with Crippen LogP contribution in [0.1, 0.15) is 0 Å². The summed E-state index contributed by atoms with van der Waals surface area (Å²) in [5.41, 5.74) is 0.239. The van der Waals surface area contributed by atoms with E-state index in [2.05, 4.69) is 31.8 Å². The number of pyridine rings is 1. The van der Waals surface area contributed by atoms with Gasteiger partial charge in [-0.25, -0.2) is 19.3 Å². The summed E-state index contributed by atoms with van der Waals surface area (Å²) in [6.07, 6.45) is 3.42. The number of nitrogens with zero attached hydrogens (tertiary/aromatic N) is 5. The fraction of sp³-hybridized carbons (Fsp3) is 0.462. The summed E-state index contributed by atoms with van der Waals surface area (Å²) < 4.78 is 14.2. The lowest BCUT2D eigenvalue weighted by Gasteiger charge is -2.33. The highest BCUT2D eigenvalue weighted by molar-refractivity contribution is 7.98. The molecule has 0 atom stereocenters. The van der Waals surface area contributed by atoms with Crippen molar-refractivity contribution in [3.05, 3.63) is 17.2 Å². The van der Waals surface area contributed by atoms with Gasteiger partial charge in [0.15, 0.2) is 16.1 Å². The highest BCUT2D eigenvalue weighted by Gasteiger charge is 2.21. The molecule has 0 unspecified atom stereocenters. The van der Waals surface area contributed by atoms with Crippen LogP contribution in [0, 0.1) is 5.82 Å². The molecule has 1 fully saturated rings. The summed E-state index contributed by atoms with van der Waals surface area (Å²) in [5, 5.41) is 0.995. The standard InChI is InChI=1S/C13H15ClFN5S/c1-19-3-5-20(6-4-19)12-8-7-16-11(14)9(15)10(8)17-13(18-12)21-2/h7H,3-6H2,1-2H3. The van der Waals surface area contributed by atoms with E-state index in [1.807, 2.05) is 6.26 Å². The Balaban J connectivity index is 2.14. The first-order chi connectivity index (χ1) is 10.1. The van der Waals surface area contributed by atoms with Gasteiger partial charge in [0.25, 0.3) is 0 Å². The average Bonchev–Trinajstić information content (AvgIpc) is 2.51. The third-order valence-corrected chi connectivity index (χ3v) is 4.40. The summed E-state index contributed by atoms with van der Waals surface area (Å²) in [7, 11) is 2.09. The quantitative estimate of drug-likeness (QED) is 0.479. The highest BCUT2D eigenvalue weighted by Crippen LogP contribution is 2.30. The second-order valence-corrected chi connectivity index (χ2v) is 6.08. The van der Waals surface area contributed by atoms with Crippen LogP contribution in [0.2, 0.25) is 5.15 Å². The van der Waals surface area contributed by atoms with Gasteiger partial charge in [0, 0.05) is 32.4 Å². The Hall–Kier alpha value is -1.18. The lowest BCUT2D eigenvalue weighted by Crippen LogP contribution is -2.45. The van der Waals surface area contributed by atoms with Gasteiger partial charge >= 0.3 is 0 Å². The van der Waals surface area contributed by atoms with Crippen molar-refractivity contribution < 1.29 is 4.39 Å². The van der Waals surface area contributed by atoms with E-state index in [-0.39, 0.29) is 10.7 Å². The third kappa shape index (κ3) is 2.77. The van der Waals surface area contributed by atoms with Crippen molar-refractivity contribution in [1.82, 2.24) is 19.9 Å². The summed E-state index contributed by atoms with van der Waals surface area (Å²) in [6, 6.07) is 0. The molecule has 21 heavy (non-hydrogen) atoms.